The minimum Gasteiger partial charge on any atom is -0.457 e. The lowest BCUT2D eigenvalue weighted by Crippen LogP contribution is -2.79. The molecule has 0 unspecified atom stereocenters. The zero-order chi connectivity index (χ0) is 19.2. The van der Waals surface area contributed by atoms with Gasteiger partial charge in [-0.2, -0.15) is 4.98 Å². The maximum atomic E-state index is 6.32. The minimum absolute atomic E-state index is 0.541. The molecule has 0 saturated heterocycles. The van der Waals surface area contributed by atoms with Gasteiger partial charge in [-0.1, -0.05) is 53.9 Å². The Kier molecular flexibility index (Phi) is 6.91. The first-order chi connectivity index (χ1) is 13.0. The summed E-state index contributed by atoms with van der Waals surface area (Å²) in [6.07, 6.45) is 3.23. The van der Waals surface area contributed by atoms with Gasteiger partial charge in [0.05, 0.1) is 12.2 Å². The van der Waals surface area contributed by atoms with Crippen molar-refractivity contribution >= 4 is 40.6 Å². The molecular formula is C20H19Cl3N3O+. The molecule has 0 atom stereocenters. The van der Waals surface area contributed by atoms with Crippen LogP contribution in [0.2, 0.25) is 15.1 Å². The first kappa shape index (κ1) is 19.9. The highest BCUT2D eigenvalue weighted by Crippen LogP contribution is 2.28. The normalized spacial score (nSPS) is 10.8. The largest absolute Gasteiger partial charge is 0.457 e. The molecule has 1 aromatic heterocycles. The lowest BCUT2D eigenvalue weighted by molar-refractivity contribution is -0.574. The average Bonchev–Trinajstić information content (AvgIpc) is 2.64. The molecule has 0 spiro atoms. The number of hydrogen-bond acceptors (Lipinski definition) is 3. The number of nitrogens with two attached hydrogens (primary N) is 1. The van der Waals surface area contributed by atoms with Crippen molar-refractivity contribution in [2.45, 2.75) is 19.8 Å². The van der Waals surface area contributed by atoms with E-state index in [0.717, 1.165) is 36.6 Å². The fourth-order valence-electron chi connectivity index (χ4n) is 2.63. The molecule has 0 saturated carbocycles. The van der Waals surface area contributed by atoms with Crippen molar-refractivity contribution in [2.24, 2.45) is 0 Å². The van der Waals surface area contributed by atoms with E-state index in [4.69, 9.17) is 39.5 Å². The lowest BCUT2D eigenvalue weighted by Gasteiger charge is -2.08. The molecule has 0 amide bonds. The second-order valence-corrected chi connectivity index (χ2v) is 7.22. The Morgan fingerprint density at radius 1 is 0.926 bits per heavy atom. The molecule has 1 heterocycles. The van der Waals surface area contributed by atoms with Gasteiger partial charge in [-0.05, 0) is 42.3 Å². The van der Waals surface area contributed by atoms with Crippen LogP contribution in [0.25, 0.3) is 0 Å². The van der Waals surface area contributed by atoms with Gasteiger partial charge in [-0.3, -0.25) is 5.32 Å². The van der Waals surface area contributed by atoms with Crippen LogP contribution in [-0.4, -0.2) is 16.5 Å². The Hall–Kier alpha value is -1.85. The third-order valence-corrected chi connectivity index (χ3v) is 4.84. The van der Waals surface area contributed by atoms with E-state index in [-0.39, 0.29) is 0 Å². The van der Waals surface area contributed by atoms with Crippen LogP contribution >= 0.6 is 34.8 Å². The van der Waals surface area contributed by atoms with Crippen molar-refractivity contribution in [1.82, 2.24) is 9.97 Å². The second kappa shape index (κ2) is 9.38. The quantitative estimate of drug-likeness (QED) is 0.566. The van der Waals surface area contributed by atoms with E-state index in [1.807, 2.05) is 36.5 Å². The molecule has 4 nitrogen and oxygen atoms in total. The molecule has 0 aliphatic rings. The highest BCUT2D eigenvalue weighted by Gasteiger charge is 2.11. The number of hydrogen-bond donors (Lipinski definition) is 1. The summed E-state index contributed by atoms with van der Waals surface area (Å²) in [6.45, 7) is 2.86. The van der Waals surface area contributed by atoms with Crippen LogP contribution < -0.4 is 10.1 Å². The maximum Gasteiger partial charge on any atom is 0.246 e. The Bertz CT molecular complexity index is 897. The van der Waals surface area contributed by atoms with Crippen LogP contribution in [0.15, 0.2) is 48.8 Å². The molecule has 0 aliphatic carbocycles. The molecule has 7 heteroatoms. The Balaban J connectivity index is 1.56. The average molecular weight is 424 g/mol. The molecule has 27 heavy (non-hydrogen) atoms. The molecule has 0 aliphatic heterocycles. The van der Waals surface area contributed by atoms with Gasteiger partial charge in [0.15, 0.2) is 0 Å². The summed E-state index contributed by atoms with van der Waals surface area (Å²) in [4.78, 5) is 8.44. The van der Waals surface area contributed by atoms with Crippen LogP contribution in [-0.2, 0) is 12.8 Å². The number of aryl methyl sites for hydroxylation is 1. The first-order valence-corrected chi connectivity index (χ1v) is 9.74. The van der Waals surface area contributed by atoms with Crippen LogP contribution in [0.4, 0.5) is 5.82 Å². The summed E-state index contributed by atoms with van der Waals surface area (Å²) in [6, 6.07) is 13.1. The van der Waals surface area contributed by atoms with Crippen molar-refractivity contribution in [3.63, 3.8) is 0 Å². The molecular weight excluding hydrogens is 405 g/mol. The molecule has 0 fully saturated rings. The van der Waals surface area contributed by atoms with Crippen molar-refractivity contribution < 1.29 is 10.1 Å². The third-order valence-electron chi connectivity index (χ3n) is 3.99. The SMILES string of the molecule is CCc1ncnc([NH2+]CCc2ccc(Oc3cc(Cl)cc(Cl)c3)cc2)c1Cl. The third kappa shape index (κ3) is 5.56. The van der Waals surface area contributed by atoms with E-state index >= 15 is 0 Å². The molecule has 3 rings (SSSR count). The summed E-state index contributed by atoms with van der Waals surface area (Å²) in [7, 11) is 0. The Labute approximate surface area is 173 Å². The lowest BCUT2D eigenvalue weighted by atomic mass is 10.1. The summed E-state index contributed by atoms with van der Waals surface area (Å²) in [5, 5.41) is 3.77. The van der Waals surface area contributed by atoms with Crippen LogP contribution in [0.5, 0.6) is 11.5 Å². The fraction of sp³-hybridized carbons (Fsp3) is 0.200. The first-order valence-electron chi connectivity index (χ1n) is 8.60. The maximum absolute atomic E-state index is 6.32. The predicted molar refractivity (Wildman–Crippen MR) is 110 cm³/mol. The van der Waals surface area contributed by atoms with Crippen molar-refractivity contribution in [3.05, 3.63) is 75.1 Å². The van der Waals surface area contributed by atoms with Gasteiger partial charge >= 0.3 is 0 Å². The predicted octanol–water partition coefficient (Wildman–Crippen LogP) is 5.23. The van der Waals surface area contributed by atoms with Gasteiger partial charge in [0.2, 0.25) is 5.82 Å². The van der Waals surface area contributed by atoms with Crippen LogP contribution in [0.3, 0.4) is 0 Å². The summed E-state index contributed by atoms with van der Waals surface area (Å²) < 4.78 is 5.80. The number of rotatable bonds is 7. The molecule has 2 aromatic carbocycles. The smallest absolute Gasteiger partial charge is 0.246 e. The molecule has 140 valence electrons. The summed E-state index contributed by atoms with van der Waals surface area (Å²) in [5.41, 5.74) is 2.07. The minimum atomic E-state index is 0.541. The van der Waals surface area contributed by atoms with Crippen molar-refractivity contribution in [1.29, 1.82) is 0 Å². The van der Waals surface area contributed by atoms with E-state index in [9.17, 15) is 0 Å². The zero-order valence-electron chi connectivity index (χ0n) is 14.8. The number of aromatic nitrogens is 2. The van der Waals surface area contributed by atoms with E-state index in [0.29, 0.717) is 20.8 Å². The number of ether oxygens (including phenoxy) is 1. The molecule has 2 N–H and O–H groups in total. The second-order valence-electron chi connectivity index (χ2n) is 5.97. The van der Waals surface area contributed by atoms with E-state index < -0.39 is 0 Å². The van der Waals surface area contributed by atoms with E-state index in [2.05, 4.69) is 9.97 Å². The number of halogens is 3. The van der Waals surface area contributed by atoms with Crippen molar-refractivity contribution in [2.75, 3.05) is 6.54 Å². The van der Waals surface area contributed by atoms with Gasteiger partial charge in [0.1, 0.15) is 22.8 Å². The van der Waals surface area contributed by atoms with Crippen LogP contribution in [0.1, 0.15) is 18.2 Å². The van der Waals surface area contributed by atoms with Gasteiger partial charge in [0, 0.05) is 16.5 Å². The summed E-state index contributed by atoms with van der Waals surface area (Å²) in [5.74, 6) is 2.13. The highest BCUT2D eigenvalue weighted by molar-refractivity contribution is 6.34. The number of quaternary nitrogens is 1. The highest BCUT2D eigenvalue weighted by atomic mass is 35.5. The van der Waals surface area contributed by atoms with Gasteiger partial charge in [-0.15, -0.1) is 0 Å². The standard InChI is InChI=1S/C20H18Cl3N3O/c1-2-18-19(23)20(26-12-25-18)24-8-7-13-3-5-16(6-4-13)27-17-10-14(21)9-15(22)11-17/h3-6,9-12H,2,7-8H2,1H3,(H,24,25,26)/p+1. The van der Waals surface area contributed by atoms with Crippen LogP contribution in [0, 0.1) is 0 Å². The summed E-state index contributed by atoms with van der Waals surface area (Å²) >= 11 is 18.3. The molecule has 0 radical (unpaired) electrons. The topological polar surface area (TPSA) is 51.6 Å². The van der Waals surface area contributed by atoms with Gasteiger partial charge < -0.3 is 4.74 Å². The Morgan fingerprint density at radius 2 is 1.63 bits per heavy atom. The van der Waals surface area contributed by atoms with E-state index in [1.165, 1.54) is 5.56 Å². The monoisotopic (exact) mass is 422 g/mol. The Morgan fingerprint density at radius 3 is 2.30 bits per heavy atom. The fourth-order valence-corrected chi connectivity index (χ4v) is 3.45. The number of nitrogens with zero attached hydrogens (tertiary/aromatic N) is 2. The number of benzene rings is 2. The zero-order valence-corrected chi connectivity index (χ0v) is 17.0. The van der Waals surface area contributed by atoms with Gasteiger partial charge in [0.25, 0.3) is 0 Å². The van der Waals surface area contributed by atoms with Gasteiger partial charge in [-0.25, -0.2) is 4.98 Å². The van der Waals surface area contributed by atoms with E-state index in [1.54, 1.807) is 24.5 Å². The molecule has 3 aromatic rings. The molecule has 0 bridgehead atoms. The van der Waals surface area contributed by atoms with Crippen molar-refractivity contribution in [3.8, 4) is 11.5 Å².